The van der Waals surface area contributed by atoms with Crippen LogP contribution in [0.5, 0.6) is 0 Å². The third kappa shape index (κ3) is 7.34. The van der Waals surface area contributed by atoms with Crippen LogP contribution in [0.25, 0.3) is 0 Å². The number of rotatable bonds is 7. The van der Waals surface area contributed by atoms with Crippen molar-refractivity contribution in [2.24, 2.45) is 4.99 Å². The smallest absolute Gasteiger partial charge is 0.191 e. The van der Waals surface area contributed by atoms with E-state index >= 15 is 0 Å². The zero-order valence-electron chi connectivity index (χ0n) is 12.2. The van der Waals surface area contributed by atoms with Gasteiger partial charge in [-0.25, -0.2) is 0 Å². The molecular formula is C15H26N4. The molecule has 1 rings (SSSR count). The Labute approximate surface area is 116 Å². The van der Waals surface area contributed by atoms with Gasteiger partial charge in [0.05, 0.1) is 0 Å². The average molecular weight is 262 g/mol. The van der Waals surface area contributed by atoms with E-state index in [1.165, 1.54) is 5.69 Å². The van der Waals surface area contributed by atoms with Crippen LogP contribution in [0.3, 0.4) is 0 Å². The molecule has 1 aromatic carbocycles. The van der Waals surface area contributed by atoms with Crippen molar-refractivity contribution in [2.45, 2.75) is 33.2 Å². The number of para-hydroxylation sites is 1. The van der Waals surface area contributed by atoms with Crippen LogP contribution in [-0.2, 0) is 0 Å². The van der Waals surface area contributed by atoms with Gasteiger partial charge in [-0.2, -0.15) is 0 Å². The Morgan fingerprint density at radius 3 is 2.58 bits per heavy atom. The summed E-state index contributed by atoms with van der Waals surface area (Å²) < 4.78 is 0. The minimum atomic E-state index is 0.403. The largest absolute Gasteiger partial charge is 0.385 e. The fraction of sp³-hybridized carbons (Fsp3) is 0.533. The molecule has 0 atom stereocenters. The molecule has 0 aliphatic carbocycles. The summed E-state index contributed by atoms with van der Waals surface area (Å²) in [5, 5.41) is 9.93. The van der Waals surface area contributed by atoms with Crippen LogP contribution < -0.4 is 16.0 Å². The summed E-state index contributed by atoms with van der Waals surface area (Å²) in [4.78, 5) is 4.54. The molecule has 0 spiro atoms. The van der Waals surface area contributed by atoms with E-state index in [0.717, 1.165) is 32.0 Å². The molecule has 0 saturated heterocycles. The topological polar surface area (TPSA) is 48.5 Å². The monoisotopic (exact) mass is 262 g/mol. The van der Waals surface area contributed by atoms with Crippen LogP contribution in [0, 0.1) is 0 Å². The Morgan fingerprint density at radius 1 is 1.21 bits per heavy atom. The van der Waals surface area contributed by atoms with Gasteiger partial charge in [0.1, 0.15) is 0 Å². The second-order valence-electron chi connectivity index (χ2n) is 4.71. The lowest BCUT2D eigenvalue weighted by Crippen LogP contribution is -2.41. The minimum Gasteiger partial charge on any atom is -0.385 e. The molecule has 0 aromatic heterocycles. The Hall–Kier alpha value is -1.71. The van der Waals surface area contributed by atoms with Crippen LogP contribution in [0.1, 0.15) is 27.2 Å². The van der Waals surface area contributed by atoms with Gasteiger partial charge in [0.25, 0.3) is 0 Å². The summed E-state index contributed by atoms with van der Waals surface area (Å²) in [6.07, 6.45) is 1.02. The second-order valence-corrected chi connectivity index (χ2v) is 4.71. The Morgan fingerprint density at radius 2 is 1.95 bits per heavy atom. The SMILES string of the molecule is CCNC(=NCCCNc1ccccc1)NC(C)C. The highest BCUT2D eigenvalue weighted by Crippen LogP contribution is 2.04. The predicted molar refractivity (Wildman–Crippen MR) is 83.8 cm³/mol. The molecule has 0 aliphatic rings. The number of nitrogens with zero attached hydrogens (tertiary/aromatic N) is 1. The van der Waals surface area contributed by atoms with Gasteiger partial charge in [0.15, 0.2) is 5.96 Å². The van der Waals surface area contributed by atoms with Crippen molar-refractivity contribution in [3.63, 3.8) is 0 Å². The first-order valence-corrected chi connectivity index (χ1v) is 7.06. The molecule has 106 valence electrons. The third-order valence-electron chi connectivity index (χ3n) is 2.48. The van der Waals surface area contributed by atoms with Crippen LogP contribution in [-0.4, -0.2) is 31.6 Å². The highest BCUT2D eigenvalue weighted by atomic mass is 15.2. The van der Waals surface area contributed by atoms with E-state index in [1.54, 1.807) is 0 Å². The van der Waals surface area contributed by atoms with Gasteiger partial charge in [0, 0.05) is 31.4 Å². The van der Waals surface area contributed by atoms with Gasteiger partial charge in [-0.3, -0.25) is 4.99 Å². The van der Waals surface area contributed by atoms with Gasteiger partial charge in [-0.15, -0.1) is 0 Å². The van der Waals surface area contributed by atoms with Crippen LogP contribution in [0.2, 0.25) is 0 Å². The van der Waals surface area contributed by atoms with Crippen LogP contribution in [0.15, 0.2) is 35.3 Å². The summed E-state index contributed by atoms with van der Waals surface area (Å²) >= 11 is 0. The zero-order chi connectivity index (χ0) is 13.9. The highest BCUT2D eigenvalue weighted by Gasteiger charge is 1.98. The molecule has 0 saturated carbocycles. The lowest BCUT2D eigenvalue weighted by molar-refractivity contribution is 0.698. The first-order valence-electron chi connectivity index (χ1n) is 7.06. The number of hydrogen-bond donors (Lipinski definition) is 3. The van der Waals surface area contributed by atoms with Gasteiger partial charge in [-0.05, 0) is 39.3 Å². The highest BCUT2D eigenvalue weighted by molar-refractivity contribution is 5.79. The molecule has 0 bridgehead atoms. The van der Waals surface area contributed by atoms with E-state index in [1.807, 2.05) is 18.2 Å². The number of aliphatic imine (C=N–C) groups is 1. The third-order valence-corrected chi connectivity index (χ3v) is 2.48. The van der Waals surface area contributed by atoms with Crippen molar-refractivity contribution < 1.29 is 0 Å². The van der Waals surface area contributed by atoms with E-state index in [9.17, 15) is 0 Å². The van der Waals surface area contributed by atoms with Gasteiger partial charge in [-0.1, -0.05) is 18.2 Å². The van der Waals surface area contributed by atoms with E-state index in [4.69, 9.17) is 0 Å². The number of hydrogen-bond acceptors (Lipinski definition) is 2. The normalized spacial score (nSPS) is 11.5. The molecular weight excluding hydrogens is 236 g/mol. The van der Waals surface area contributed by atoms with E-state index in [-0.39, 0.29) is 0 Å². The van der Waals surface area contributed by atoms with Crippen molar-refractivity contribution in [3.05, 3.63) is 30.3 Å². The lowest BCUT2D eigenvalue weighted by atomic mass is 10.3. The zero-order valence-corrected chi connectivity index (χ0v) is 12.2. The van der Waals surface area contributed by atoms with Gasteiger partial charge in [0.2, 0.25) is 0 Å². The molecule has 4 heteroatoms. The molecule has 0 heterocycles. The van der Waals surface area contributed by atoms with E-state index in [0.29, 0.717) is 6.04 Å². The fourth-order valence-corrected chi connectivity index (χ4v) is 1.65. The fourth-order valence-electron chi connectivity index (χ4n) is 1.65. The maximum absolute atomic E-state index is 4.54. The van der Waals surface area contributed by atoms with Crippen molar-refractivity contribution in [1.82, 2.24) is 10.6 Å². The van der Waals surface area contributed by atoms with Crippen molar-refractivity contribution in [2.75, 3.05) is 25.0 Å². The molecule has 0 amide bonds. The Bertz CT molecular complexity index is 360. The van der Waals surface area contributed by atoms with Crippen molar-refractivity contribution in [3.8, 4) is 0 Å². The summed E-state index contributed by atoms with van der Waals surface area (Å²) in [6, 6.07) is 10.7. The molecule has 0 fully saturated rings. The van der Waals surface area contributed by atoms with Crippen molar-refractivity contribution >= 4 is 11.6 Å². The Kier molecular flexibility index (Phi) is 7.47. The number of benzene rings is 1. The second kappa shape index (κ2) is 9.25. The standard InChI is InChI=1S/C15H26N4/c1-4-16-15(19-13(2)3)18-12-8-11-17-14-9-6-5-7-10-14/h5-7,9-10,13,17H,4,8,11-12H2,1-3H3,(H2,16,18,19). The molecule has 0 radical (unpaired) electrons. The van der Waals surface area contributed by atoms with E-state index < -0.39 is 0 Å². The number of guanidine groups is 1. The van der Waals surface area contributed by atoms with Gasteiger partial charge < -0.3 is 16.0 Å². The molecule has 19 heavy (non-hydrogen) atoms. The summed E-state index contributed by atoms with van der Waals surface area (Å²) in [5.74, 6) is 0.900. The van der Waals surface area contributed by atoms with Crippen LogP contribution in [0.4, 0.5) is 5.69 Å². The molecule has 1 aromatic rings. The minimum absolute atomic E-state index is 0.403. The van der Waals surface area contributed by atoms with Gasteiger partial charge >= 0.3 is 0 Å². The summed E-state index contributed by atoms with van der Waals surface area (Å²) in [7, 11) is 0. The maximum Gasteiger partial charge on any atom is 0.191 e. The average Bonchev–Trinajstić information content (AvgIpc) is 2.39. The first kappa shape index (κ1) is 15.3. The molecule has 3 N–H and O–H groups in total. The molecule has 0 aliphatic heterocycles. The Balaban J connectivity index is 2.23. The predicted octanol–water partition coefficient (Wildman–Crippen LogP) is 2.45. The first-order chi connectivity index (χ1) is 9.22. The summed E-state index contributed by atoms with van der Waals surface area (Å²) in [6.45, 7) is 8.96. The van der Waals surface area contributed by atoms with Crippen molar-refractivity contribution in [1.29, 1.82) is 0 Å². The number of nitrogens with one attached hydrogen (secondary N) is 3. The lowest BCUT2D eigenvalue weighted by Gasteiger charge is -2.14. The summed E-state index contributed by atoms with van der Waals surface area (Å²) in [5.41, 5.74) is 1.17. The molecule has 0 unspecified atom stereocenters. The van der Waals surface area contributed by atoms with E-state index in [2.05, 4.69) is 53.8 Å². The maximum atomic E-state index is 4.54. The molecule has 4 nitrogen and oxygen atoms in total. The quantitative estimate of drug-likeness (QED) is 0.402. The van der Waals surface area contributed by atoms with Crippen LogP contribution >= 0.6 is 0 Å². The number of anilines is 1.